The van der Waals surface area contributed by atoms with Crippen LogP contribution in [0.15, 0.2) is 48.5 Å². The Morgan fingerprint density at radius 2 is 1.82 bits per heavy atom. The lowest BCUT2D eigenvalue weighted by molar-refractivity contribution is 0.379. The van der Waals surface area contributed by atoms with E-state index in [0.29, 0.717) is 6.04 Å². The van der Waals surface area contributed by atoms with Crippen molar-refractivity contribution in [2.24, 2.45) is 0 Å². The van der Waals surface area contributed by atoms with Gasteiger partial charge in [-0.15, -0.1) is 0 Å². The number of aryl methyl sites for hydroxylation is 1. The molecule has 1 aliphatic rings. The number of hydrogen-bond acceptors (Lipinski definition) is 3. The zero-order valence-corrected chi connectivity index (χ0v) is 13.0. The van der Waals surface area contributed by atoms with Crippen LogP contribution in [0.3, 0.4) is 0 Å². The van der Waals surface area contributed by atoms with Crippen LogP contribution in [0.4, 0.5) is 0 Å². The van der Waals surface area contributed by atoms with Gasteiger partial charge in [0.15, 0.2) is 11.5 Å². The molecule has 0 aromatic heterocycles. The first-order valence-corrected chi connectivity index (χ1v) is 7.98. The highest BCUT2D eigenvalue weighted by atomic mass is 16.5. The molecule has 0 radical (unpaired) electrons. The first-order valence-electron chi connectivity index (χ1n) is 7.98. The van der Waals surface area contributed by atoms with E-state index in [9.17, 15) is 0 Å². The molecule has 2 aromatic rings. The fourth-order valence-corrected chi connectivity index (χ4v) is 2.90. The van der Waals surface area contributed by atoms with Crippen LogP contribution < -0.4 is 14.8 Å². The molecule has 1 aliphatic heterocycles. The van der Waals surface area contributed by atoms with Gasteiger partial charge in [0, 0.05) is 6.04 Å². The van der Waals surface area contributed by atoms with Crippen molar-refractivity contribution >= 4 is 0 Å². The number of benzene rings is 2. The zero-order chi connectivity index (χ0) is 15.2. The molecule has 22 heavy (non-hydrogen) atoms. The third-order valence-electron chi connectivity index (χ3n) is 4.16. The molecule has 1 saturated heterocycles. The number of methoxy groups -OCH3 is 1. The Labute approximate surface area is 132 Å². The summed E-state index contributed by atoms with van der Waals surface area (Å²) in [7, 11) is 1.66. The smallest absolute Gasteiger partial charge is 0.169 e. The summed E-state index contributed by atoms with van der Waals surface area (Å²) < 4.78 is 11.2. The van der Waals surface area contributed by atoms with Crippen molar-refractivity contribution in [3.63, 3.8) is 0 Å². The van der Waals surface area contributed by atoms with Gasteiger partial charge in [0.2, 0.25) is 0 Å². The van der Waals surface area contributed by atoms with Crippen LogP contribution in [-0.2, 0) is 6.42 Å². The van der Waals surface area contributed by atoms with E-state index in [1.807, 2.05) is 36.4 Å². The summed E-state index contributed by atoms with van der Waals surface area (Å²) in [6.45, 7) is 1.18. The van der Waals surface area contributed by atoms with Gasteiger partial charge in [-0.25, -0.2) is 0 Å². The van der Waals surface area contributed by atoms with E-state index >= 15 is 0 Å². The van der Waals surface area contributed by atoms with Crippen molar-refractivity contribution in [2.75, 3.05) is 13.7 Å². The Bertz CT molecular complexity index is 589. The SMILES string of the molecule is COc1ccccc1Oc1ccc(CCC2CCCN2)cc1. The molecule has 1 heterocycles. The second-order valence-electron chi connectivity index (χ2n) is 5.73. The molecule has 1 atom stereocenters. The summed E-state index contributed by atoms with van der Waals surface area (Å²) in [5.41, 5.74) is 1.36. The highest BCUT2D eigenvalue weighted by Gasteiger charge is 2.13. The fraction of sp³-hybridized carbons (Fsp3) is 0.368. The van der Waals surface area contributed by atoms with Crippen molar-refractivity contribution in [3.05, 3.63) is 54.1 Å². The van der Waals surface area contributed by atoms with Crippen molar-refractivity contribution in [1.82, 2.24) is 5.32 Å². The Morgan fingerprint density at radius 1 is 1.05 bits per heavy atom. The normalized spacial score (nSPS) is 17.4. The molecule has 0 bridgehead atoms. The second-order valence-corrected chi connectivity index (χ2v) is 5.73. The quantitative estimate of drug-likeness (QED) is 0.868. The van der Waals surface area contributed by atoms with Crippen LogP contribution in [-0.4, -0.2) is 19.7 Å². The minimum atomic E-state index is 0.699. The van der Waals surface area contributed by atoms with E-state index in [1.54, 1.807) is 7.11 Å². The molecule has 0 aliphatic carbocycles. The highest BCUT2D eigenvalue weighted by molar-refractivity contribution is 5.43. The van der Waals surface area contributed by atoms with Crippen molar-refractivity contribution in [1.29, 1.82) is 0 Å². The summed E-state index contributed by atoms with van der Waals surface area (Å²) in [5, 5.41) is 3.54. The van der Waals surface area contributed by atoms with Crippen LogP contribution in [0.25, 0.3) is 0 Å². The summed E-state index contributed by atoms with van der Waals surface area (Å²) >= 11 is 0. The number of ether oxygens (including phenoxy) is 2. The molecule has 2 aromatic carbocycles. The zero-order valence-electron chi connectivity index (χ0n) is 13.0. The van der Waals surface area contributed by atoms with Crippen LogP contribution in [0.5, 0.6) is 17.2 Å². The Balaban J connectivity index is 1.59. The van der Waals surface area contributed by atoms with Crippen LogP contribution in [0.1, 0.15) is 24.8 Å². The van der Waals surface area contributed by atoms with E-state index in [2.05, 4.69) is 17.4 Å². The number of para-hydroxylation sites is 2. The third kappa shape index (κ3) is 3.80. The summed E-state index contributed by atoms with van der Waals surface area (Å²) in [4.78, 5) is 0. The number of hydrogen-bond donors (Lipinski definition) is 1. The fourth-order valence-electron chi connectivity index (χ4n) is 2.90. The first-order chi connectivity index (χ1) is 10.8. The predicted octanol–water partition coefficient (Wildman–Crippen LogP) is 4.17. The van der Waals surface area contributed by atoms with Gasteiger partial charge in [0.25, 0.3) is 0 Å². The summed E-state index contributed by atoms with van der Waals surface area (Å²) in [6, 6.07) is 16.8. The molecule has 0 saturated carbocycles. The topological polar surface area (TPSA) is 30.5 Å². The lowest BCUT2D eigenvalue weighted by Crippen LogP contribution is -2.21. The summed E-state index contributed by atoms with van der Waals surface area (Å²) in [6.07, 6.45) is 4.96. The Hall–Kier alpha value is -2.00. The lowest BCUT2D eigenvalue weighted by Gasteiger charge is -2.11. The van der Waals surface area contributed by atoms with E-state index in [4.69, 9.17) is 9.47 Å². The molecule has 1 fully saturated rings. The Morgan fingerprint density at radius 3 is 2.50 bits per heavy atom. The van der Waals surface area contributed by atoms with E-state index in [1.165, 1.54) is 31.4 Å². The maximum absolute atomic E-state index is 5.90. The molecule has 116 valence electrons. The standard InChI is InChI=1S/C19H23NO2/c1-21-18-6-2-3-7-19(18)22-17-12-9-15(10-13-17)8-11-16-5-4-14-20-16/h2-3,6-7,9-10,12-13,16,20H,4-5,8,11,14H2,1H3. The van der Waals surface area contributed by atoms with Crippen LogP contribution in [0.2, 0.25) is 0 Å². The van der Waals surface area contributed by atoms with Gasteiger partial charge in [0.05, 0.1) is 7.11 Å². The molecular formula is C19H23NO2. The van der Waals surface area contributed by atoms with Crippen molar-refractivity contribution < 1.29 is 9.47 Å². The molecule has 0 spiro atoms. The molecule has 3 rings (SSSR count). The van der Waals surface area contributed by atoms with E-state index in [-0.39, 0.29) is 0 Å². The van der Waals surface area contributed by atoms with Gasteiger partial charge in [-0.2, -0.15) is 0 Å². The lowest BCUT2D eigenvalue weighted by atomic mass is 10.0. The summed E-state index contributed by atoms with van der Waals surface area (Å²) in [5.74, 6) is 2.33. The van der Waals surface area contributed by atoms with Gasteiger partial charge < -0.3 is 14.8 Å². The minimum Gasteiger partial charge on any atom is -0.493 e. The maximum atomic E-state index is 5.90. The van der Waals surface area contributed by atoms with Crippen LogP contribution in [0, 0.1) is 0 Å². The van der Waals surface area contributed by atoms with Crippen molar-refractivity contribution in [2.45, 2.75) is 31.7 Å². The highest BCUT2D eigenvalue weighted by Crippen LogP contribution is 2.31. The van der Waals surface area contributed by atoms with Crippen LogP contribution >= 0.6 is 0 Å². The van der Waals surface area contributed by atoms with Gasteiger partial charge in [-0.1, -0.05) is 24.3 Å². The van der Waals surface area contributed by atoms with Gasteiger partial charge in [-0.3, -0.25) is 0 Å². The van der Waals surface area contributed by atoms with Crippen molar-refractivity contribution in [3.8, 4) is 17.2 Å². The molecule has 0 amide bonds. The maximum Gasteiger partial charge on any atom is 0.169 e. The van der Waals surface area contributed by atoms with Gasteiger partial charge >= 0.3 is 0 Å². The van der Waals surface area contributed by atoms with E-state index < -0.39 is 0 Å². The first kappa shape index (κ1) is 14.9. The second kappa shape index (κ2) is 7.32. The number of nitrogens with one attached hydrogen (secondary N) is 1. The Kier molecular flexibility index (Phi) is 4.96. The molecule has 1 N–H and O–H groups in total. The molecule has 1 unspecified atom stereocenters. The average molecular weight is 297 g/mol. The van der Waals surface area contributed by atoms with Gasteiger partial charge in [-0.05, 0) is 62.1 Å². The molecular weight excluding hydrogens is 274 g/mol. The molecule has 3 heteroatoms. The predicted molar refractivity (Wildman–Crippen MR) is 88.9 cm³/mol. The largest absolute Gasteiger partial charge is 0.493 e. The third-order valence-corrected chi connectivity index (χ3v) is 4.16. The molecule has 3 nitrogen and oxygen atoms in total. The average Bonchev–Trinajstić information content (AvgIpc) is 3.08. The monoisotopic (exact) mass is 297 g/mol. The number of rotatable bonds is 6. The van der Waals surface area contributed by atoms with E-state index in [0.717, 1.165) is 23.7 Å². The van der Waals surface area contributed by atoms with Gasteiger partial charge in [0.1, 0.15) is 5.75 Å². The minimum absolute atomic E-state index is 0.699.